The van der Waals surface area contributed by atoms with Crippen molar-refractivity contribution >= 4 is 28.4 Å². The Kier molecular flexibility index (Phi) is 4.68. The summed E-state index contributed by atoms with van der Waals surface area (Å²) in [6.45, 7) is 10.7. The van der Waals surface area contributed by atoms with E-state index in [0.29, 0.717) is 16.7 Å². The standard InChI is InChI=1S/C18H22N2O4/c1-10(17(19)22)15-11(2)20-12-7-6-8-13(16(12)15)23-9-14(21)24-18(3,4)5/h6-8,20H,1,9H2,2-5H3,(H2,19,22). The van der Waals surface area contributed by atoms with Crippen molar-refractivity contribution < 1.29 is 19.1 Å². The topological polar surface area (TPSA) is 94.4 Å². The first-order chi connectivity index (χ1) is 11.1. The normalized spacial score (nSPS) is 11.3. The lowest BCUT2D eigenvalue weighted by atomic mass is 10.0. The van der Waals surface area contributed by atoms with Gasteiger partial charge in [0.05, 0.1) is 0 Å². The minimum Gasteiger partial charge on any atom is -0.481 e. The molecule has 1 aromatic heterocycles. The van der Waals surface area contributed by atoms with Gasteiger partial charge in [-0.3, -0.25) is 4.79 Å². The molecule has 6 heteroatoms. The highest BCUT2D eigenvalue weighted by molar-refractivity contribution is 6.22. The molecule has 6 nitrogen and oxygen atoms in total. The molecule has 0 saturated carbocycles. The predicted molar refractivity (Wildman–Crippen MR) is 92.6 cm³/mol. The van der Waals surface area contributed by atoms with Crippen molar-refractivity contribution in [3.8, 4) is 5.75 Å². The molecule has 2 aromatic rings. The Morgan fingerprint density at radius 3 is 2.54 bits per heavy atom. The third kappa shape index (κ3) is 3.76. The number of primary amides is 1. The molecule has 1 amide bonds. The molecule has 0 unspecified atom stereocenters. The van der Waals surface area contributed by atoms with Crippen LogP contribution in [-0.2, 0) is 14.3 Å². The molecule has 0 radical (unpaired) electrons. The van der Waals surface area contributed by atoms with Crippen LogP contribution in [-0.4, -0.2) is 29.1 Å². The van der Waals surface area contributed by atoms with Crippen molar-refractivity contribution in [2.24, 2.45) is 5.73 Å². The van der Waals surface area contributed by atoms with Crippen LogP contribution in [0.1, 0.15) is 32.0 Å². The van der Waals surface area contributed by atoms with Gasteiger partial charge in [-0.15, -0.1) is 0 Å². The number of aromatic amines is 1. The number of rotatable bonds is 5. The van der Waals surface area contributed by atoms with E-state index in [-0.39, 0.29) is 12.2 Å². The smallest absolute Gasteiger partial charge is 0.344 e. The molecule has 3 N–H and O–H groups in total. The second-order valence-corrected chi connectivity index (χ2v) is 6.52. The Morgan fingerprint density at radius 2 is 1.96 bits per heavy atom. The third-order valence-corrected chi connectivity index (χ3v) is 3.34. The van der Waals surface area contributed by atoms with E-state index in [2.05, 4.69) is 11.6 Å². The zero-order valence-electron chi connectivity index (χ0n) is 14.4. The lowest BCUT2D eigenvalue weighted by Crippen LogP contribution is -2.27. The van der Waals surface area contributed by atoms with E-state index in [4.69, 9.17) is 15.2 Å². The minimum absolute atomic E-state index is 0.187. The summed E-state index contributed by atoms with van der Waals surface area (Å²) in [5.74, 6) is -0.622. The van der Waals surface area contributed by atoms with Crippen molar-refractivity contribution in [1.82, 2.24) is 4.98 Å². The number of carbonyl (C=O) groups excluding carboxylic acids is 2. The van der Waals surface area contributed by atoms with Crippen LogP contribution in [0.15, 0.2) is 24.8 Å². The number of ether oxygens (including phenoxy) is 2. The van der Waals surface area contributed by atoms with Gasteiger partial charge in [0, 0.05) is 27.7 Å². The number of aryl methyl sites for hydroxylation is 1. The monoisotopic (exact) mass is 330 g/mol. The Labute approximate surface area is 140 Å². The molecule has 0 bridgehead atoms. The molecule has 0 saturated heterocycles. The van der Waals surface area contributed by atoms with E-state index in [9.17, 15) is 9.59 Å². The first-order valence-electron chi connectivity index (χ1n) is 7.55. The number of benzene rings is 1. The average Bonchev–Trinajstić information content (AvgIpc) is 2.78. The van der Waals surface area contributed by atoms with Gasteiger partial charge in [-0.2, -0.15) is 0 Å². The minimum atomic E-state index is -0.610. The van der Waals surface area contributed by atoms with E-state index in [1.54, 1.807) is 32.9 Å². The Balaban J connectivity index is 2.36. The molecule has 0 spiro atoms. The Hall–Kier alpha value is -2.76. The van der Waals surface area contributed by atoms with Crippen LogP contribution in [0.4, 0.5) is 0 Å². The van der Waals surface area contributed by atoms with Crippen LogP contribution >= 0.6 is 0 Å². The Bertz CT molecular complexity index is 812. The van der Waals surface area contributed by atoms with E-state index in [1.165, 1.54) is 0 Å². The molecule has 0 aliphatic heterocycles. The number of H-pyrrole nitrogens is 1. The first kappa shape index (κ1) is 17.6. The van der Waals surface area contributed by atoms with Crippen LogP contribution in [0.3, 0.4) is 0 Å². The molecule has 0 fully saturated rings. The van der Waals surface area contributed by atoms with Crippen molar-refractivity contribution in [2.45, 2.75) is 33.3 Å². The van der Waals surface area contributed by atoms with Crippen LogP contribution in [0.2, 0.25) is 0 Å². The van der Waals surface area contributed by atoms with Crippen molar-refractivity contribution in [1.29, 1.82) is 0 Å². The molecular formula is C18H22N2O4. The first-order valence-corrected chi connectivity index (χ1v) is 7.55. The highest BCUT2D eigenvalue weighted by Crippen LogP contribution is 2.34. The Morgan fingerprint density at radius 1 is 1.29 bits per heavy atom. The molecule has 0 atom stereocenters. The third-order valence-electron chi connectivity index (χ3n) is 3.34. The summed E-state index contributed by atoms with van der Waals surface area (Å²) in [5.41, 5.74) is 7.08. The number of carbonyl (C=O) groups is 2. The highest BCUT2D eigenvalue weighted by Gasteiger charge is 2.20. The van der Waals surface area contributed by atoms with Gasteiger partial charge in [0.2, 0.25) is 5.91 Å². The van der Waals surface area contributed by atoms with E-state index < -0.39 is 17.5 Å². The predicted octanol–water partition coefficient (Wildman–Crippen LogP) is 2.70. The molecule has 1 aromatic carbocycles. The molecule has 0 aliphatic rings. The van der Waals surface area contributed by atoms with Gasteiger partial charge in [-0.05, 0) is 39.8 Å². The number of fused-ring (bicyclic) bond motifs is 1. The van der Waals surface area contributed by atoms with Gasteiger partial charge in [-0.25, -0.2) is 4.79 Å². The van der Waals surface area contributed by atoms with Crippen molar-refractivity contribution in [3.63, 3.8) is 0 Å². The maximum absolute atomic E-state index is 11.9. The van der Waals surface area contributed by atoms with Crippen molar-refractivity contribution in [3.05, 3.63) is 36.0 Å². The van der Waals surface area contributed by atoms with E-state index in [1.807, 2.05) is 13.0 Å². The summed E-state index contributed by atoms with van der Waals surface area (Å²) in [6, 6.07) is 5.36. The number of hydrogen-bond acceptors (Lipinski definition) is 4. The fourth-order valence-electron chi connectivity index (χ4n) is 2.47. The summed E-state index contributed by atoms with van der Waals surface area (Å²) in [4.78, 5) is 26.5. The van der Waals surface area contributed by atoms with Gasteiger partial charge < -0.3 is 20.2 Å². The van der Waals surface area contributed by atoms with Crippen LogP contribution < -0.4 is 10.5 Å². The number of amides is 1. The van der Waals surface area contributed by atoms with Gasteiger partial charge in [-0.1, -0.05) is 12.6 Å². The molecule has 0 aliphatic carbocycles. The highest BCUT2D eigenvalue weighted by atomic mass is 16.6. The average molecular weight is 330 g/mol. The largest absolute Gasteiger partial charge is 0.481 e. The number of esters is 1. The number of hydrogen-bond donors (Lipinski definition) is 2. The maximum Gasteiger partial charge on any atom is 0.344 e. The lowest BCUT2D eigenvalue weighted by molar-refractivity contribution is -0.157. The second kappa shape index (κ2) is 6.39. The SMILES string of the molecule is C=C(C(N)=O)c1c(C)[nH]c2cccc(OCC(=O)OC(C)(C)C)c12. The fourth-order valence-corrected chi connectivity index (χ4v) is 2.47. The number of nitrogens with two attached hydrogens (primary N) is 1. The molecule has 128 valence electrons. The van der Waals surface area contributed by atoms with Crippen LogP contribution in [0, 0.1) is 6.92 Å². The fraction of sp³-hybridized carbons (Fsp3) is 0.333. The summed E-state index contributed by atoms with van der Waals surface area (Å²) >= 11 is 0. The molecular weight excluding hydrogens is 308 g/mol. The zero-order valence-corrected chi connectivity index (χ0v) is 14.4. The van der Waals surface area contributed by atoms with Gasteiger partial charge in [0.1, 0.15) is 11.4 Å². The molecule has 24 heavy (non-hydrogen) atoms. The number of nitrogens with one attached hydrogen (secondary N) is 1. The van der Waals surface area contributed by atoms with Gasteiger partial charge >= 0.3 is 5.97 Å². The van der Waals surface area contributed by atoms with Crippen molar-refractivity contribution in [2.75, 3.05) is 6.61 Å². The van der Waals surface area contributed by atoms with Crippen LogP contribution in [0.25, 0.3) is 16.5 Å². The second-order valence-electron chi connectivity index (χ2n) is 6.52. The summed E-state index contributed by atoms with van der Waals surface area (Å²) < 4.78 is 10.9. The van der Waals surface area contributed by atoms with E-state index >= 15 is 0 Å². The number of aromatic nitrogens is 1. The summed E-state index contributed by atoms with van der Waals surface area (Å²) in [5, 5.41) is 0.669. The molecule has 1 heterocycles. The lowest BCUT2D eigenvalue weighted by Gasteiger charge is -2.19. The zero-order chi connectivity index (χ0) is 18.1. The quantitative estimate of drug-likeness (QED) is 0.651. The van der Waals surface area contributed by atoms with Gasteiger partial charge in [0.15, 0.2) is 6.61 Å². The van der Waals surface area contributed by atoms with Gasteiger partial charge in [0.25, 0.3) is 0 Å². The summed E-state index contributed by atoms with van der Waals surface area (Å²) in [7, 11) is 0. The van der Waals surface area contributed by atoms with Crippen LogP contribution in [0.5, 0.6) is 5.75 Å². The molecule has 2 rings (SSSR count). The maximum atomic E-state index is 11.9. The van der Waals surface area contributed by atoms with E-state index in [0.717, 1.165) is 11.2 Å². The summed E-state index contributed by atoms with van der Waals surface area (Å²) in [6.07, 6.45) is 0.